The van der Waals surface area contributed by atoms with Crippen LogP contribution in [0.3, 0.4) is 0 Å². The molecule has 1 nitrogen and oxygen atoms in total. The minimum Gasteiger partial charge on any atom is -0.215 e. The summed E-state index contributed by atoms with van der Waals surface area (Å²) in [5, 5.41) is 0. The molecule has 10 heavy (non-hydrogen) atoms. The summed E-state index contributed by atoms with van der Waals surface area (Å²) in [6.07, 6.45) is 3.96. The normalized spacial score (nSPS) is 41.1. The quantitative estimate of drug-likeness (QED) is 0.404. The molecule has 2 fully saturated rings. The predicted molar refractivity (Wildman–Crippen MR) is 42.7 cm³/mol. The Kier molecular flexibility index (Phi) is 1.04. The van der Waals surface area contributed by atoms with Gasteiger partial charge < -0.3 is 0 Å². The zero-order chi connectivity index (χ0) is 7.35. The Balaban J connectivity index is 2.16. The maximum Gasteiger partial charge on any atom is 0.227 e. The van der Waals surface area contributed by atoms with E-state index in [9.17, 15) is 0 Å². The molecule has 0 aromatic carbocycles. The predicted octanol–water partition coefficient (Wildman–Crippen LogP) is 1.80. The fourth-order valence-corrected chi connectivity index (χ4v) is 2.09. The molecule has 0 aromatic heterocycles. The van der Waals surface area contributed by atoms with E-state index in [1.807, 2.05) is 0 Å². The minimum absolute atomic E-state index is 0.654. The molecule has 2 atom stereocenters. The van der Waals surface area contributed by atoms with Gasteiger partial charge in [-0.05, 0) is 0 Å². The van der Waals surface area contributed by atoms with Gasteiger partial charge in [-0.25, -0.2) is 4.58 Å². The van der Waals surface area contributed by atoms with E-state index >= 15 is 0 Å². The summed E-state index contributed by atoms with van der Waals surface area (Å²) in [7, 11) is 0. The van der Waals surface area contributed by atoms with E-state index in [1.54, 1.807) is 5.71 Å². The molecule has 0 bridgehead atoms. The van der Waals surface area contributed by atoms with Crippen LogP contribution in [0.4, 0.5) is 0 Å². The van der Waals surface area contributed by atoms with Crippen LogP contribution < -0.4 is 0 Å². The molecule has 0 amide bonds. The molecule has 1 saturated carbocycles. The highest BCUT2D eigenvalue weighted by Gasteiger charge is 2.85. The van der Waals surface area contributed by atoms with E-state index in [0.29, 0.717) is 5.54 Å². The monoisotopic (exact) mass is 138 g/mol. The van der Waals surface area contributed by atoms with Gasteiger partial charge in [-0.1, -0.05) is 13.8 Å². The highest BCUT2D eigenvalue weighted by atomic mass is 15.4. The van der Waals surface area contributed by atoms with Crippen LogP contribution in [0.25, 0.3) is 0 Å². The van der Waals surface area contributed by atoms with Crippen molar-refractivity contribution in [2.45, 2.75) is 51.6 Å². The summed E-state index contributed by atoms with van der Waals surface area (Å²) in [5.74, 6) is 0. The fourth-order valence-electron chi connectivity index (χ4n) is 2.09. The first-order chi connectivity index (χ1) is 4.74. The first kappa shape index (κ1) is 6.38. The molecule has 0 N–H and O–H groups in total. The fraction of sp³-hybridized carbons (Fsp3) is 0.889. The lowest BCUT2D eigenvalue weighted by Gasteiger charge is -1.96. The molecule has 1 saturated heterocycles. The standard InChI is InChI=1S/C9H16N/c1-4-7(5-2)10-8-6-9(8,10)3/h8H,4-6H2,1-3H3/q+1. The third-order valence-electron chi connectivity index (χ3n) is 3.12. The van der Waals surface area contributed by atoms with E-state index < -0.39 is 0 Å². The Labute approximate surface area is 62.8 Å². The Morgan fingerprint density at radius 2 is 2.00 bits per heavy atom. The Hall–Kier alpha value is -0.330. The molecular weight excluding hydrogens is 122 g/mol. The number of hydrogen-bond donors (Lipinski definition) is 0. The molecule has 0 radical (unpaired) electrons. The van der Waals surface area contributed by atoms with Crippen LogP contribution in [0, 0.1) is 0 Å². The van der Waals surface area contributed by atoms with Crippen molar-refractivity contribution in [3.05, 3.63) is 0 Å². The van der Waals surface area contributed by atoms with Crippen LogP contribution in [0.1, 0.15) is 40.0 Å². The first-order valence-electron chi connectivity index (χ1n) is 4.38. The molecule has 1 aliphatic heterocycles. The molecule has 0 aromatic rings. The molecule has 0 spiro atoms. The third kappa shape index (κ3) is 0.561. The molecular formula is C9H16N+. The molecule has 1 heteroatoms. The zero-order valence-electron chi connectivity index (χ0n) is 7.15. The number of nitrogens with zero attached hydrogens (tertiary/aromatic N) is 1. The van der Waals surface area contributed by atoms with Crippen LogP contribution in [0.15, 0.2) is 0 Å². The van der Waals surface area contributed by atoms with Gasteiger partial charge in [-0.2, -0.15) is 0 Å². The van der Waals surface area contributed by atoms with Crippen molar-refractivity contribution in [2.24, 2.45) is 0 Å². The van der Waals surface area contributed by atoms with Crippen molar-refractivity contribution in [3.63, 3.8) is 0 Å². The zero-order valence-corrected chi connectivity index (χ0v) is 7.15. The summed E-state index contributed by atoms with van der Waals surface area (Å²) in [6.45, 7) is 6.91. The Morgan fingerprint density at radius 1 is 1.50 bits per heavy atom. The van der Waals surface area contributed by atoms with E-state index in [4.69, 9.17) is 0 Å². The molecule has 1 heterocycles. The second-order valence-corrected chi connectivity index (χ2v) is 3.72. The van der Waals surface area contributed by atoms with Gasteiger partial charge in [0, 0.05) is 19.8 Å². The van der Waals surface area contributed by atoms with Crippen molar-refractivity contribution in [2.75, 3.05) is 0 Å². The van der Waals surface area contributed by atoms with Crippen LogP contribution >= 0.6 is 0 Å². The maximum atomic E-state index is 2.60. The molecule has 1 aliphatic carbocycles. The van der Waals surface area contributed by atoms with Gasteiger partial charge in [0.05, 0.1) is 6.42 Å². The first-order valence-corrected chi connectivity index (χ1v) is 4.38. The SMILES string of the molecule is CCC(CC)=[N+]1C2CC21C. The molecule has 2 aliphatic rings. The lowest BCUT2D eigenvalue weighted by molar-refractivity contribution is -0.448. The number of rotatable bonds is 2. The largest absolute Gasteiger partial charge is 0.227 e. The minimum atomic E-state index is 0.654. The van der Waals surface area contributed by atoms with Crippen LogP contribution in [-0.4, -0.2) is 21.9 Å². The van der Waals surface area contributed by atoms with E-state index in [-0.39, 0.29) is 0 Å². The van der Waals surface area contributed by atoms with Crippen molar-refractivity contribution >= 4 is 5.71 Å². The van der Waals surface area contributed by atoms with Gasteiger partial charge >= 0.3 is 0 Å². The molecule has 56 valence electrons. The summed E-state index contributed by atoms with van der Waals surface area (Å²) < 4.78 is 2.60. The van der Waals surface area contributed by atoms with Crippen LogP contribution in [-0.2, 0) is 0 Å². The number of hydrogen-bond acceptors (Lipinski definition) is 0. The summed E-state index contributed by atoms with van der Waals surface area (Å²) in [6, 6.07) is 0.961. The smallest absolute Gasteiger partial charge is 0.215 e. The van der Waals surface area contributed by atoms with Crippen molar-refractivity contribution in [1.82, 2.24) is 0 Å². The topological polar surface area (TPSA) is 3.01 Å². The van der Waals surface area contributed by atoms with Crippen LogP contribution in [0.5, 0.6) is 0 Å². The summed E-state index contributed by atoms with van der Waals surface area (Å²) >= 11 is 0. The summed E-state index contributed by atoms with van der Waals surface area (Å²) in [4.78, 5) is 0. The Bertz CT molecular complexity index is 199. The second-order valence-electron chi connectivity index (χ2n) is 3.72. The maximum absolute atomic E-state index is 2.60. The molecule has 2 rings (SSSR count). The average Bonchev–Trinajstić information content (AvgIpc) is 2.71. The van der Waals surface area contributed by atoms with Gasteiger partial charge in [0.2, 0.25) is 11.6 Å². The van der Waals surface area contributed by atoms with E-state index in [2.05, 4.69) is 25.3 Å². The van der Waals surface area contributed by atoms with Crippen molar-refractivity contribution in [3.8, 4) is 0 Å². The second kappa shape index (κ2) is 1.63. The lowest BCUT2D eigenvalue weighted by Crippen LogP contribution is -2.13. The highest BCUT2D eigenvalue weighted by molar-refractivity contribution is 5.80. The number of fused-ring (bicyclic) bond motifs is 1. The highest BCUT2D eigenvalue weighted by Crippen LogP contribution is 2.59. The van der Waals surface area contributed by atoms with Crippen LogP contribution in [0.2, 0.25) is 0 Å². The third-order valence-corrected chi connectivity index (χ3v) is 3.12. The van der Waals surface area contributed by atoms with Gasteiger partial charge in [-0.15, -0.1) is 0 Å². The van der Waals surface area contributed by atoms with Crippen molar-refractivity contribution in [1.29, 1.82) is 0 Å². The van der Waals surface area contributed by atoms with Gasteiger partial charge in [0.1, 0.15) is 0 Å². The Morgan fingerprint density at radius 3 is 2.10 bits per heavy atom. The van der Waals surface area contributed by atoms with E-state index in [0.717, 1.165) is 6.04 Å². The van der Waals surface area contributed by atoms with Gasteiger partial charge in [0.25, 0.3) is 0 Å². The van der Waals surface area contributed by atoms with Crippen molar-refractivity contribution < 1.29 is 4.58 Å². The lowest BCUT2D eigenvalue weighted by atomic mass is 10.2. The van der Waals surface area contributed by atoms with Gasteiger partial charge in [0.15, 0.2) is 5.71 Å². The summed E-state index contributed by atoms with van der Waals surface area (Å²) in [5.41, 5.74) is 2.32. The van der Waals surface area contributed by atoms with Gasteiger partial charge in [-0.3, -0.25) is 0 Å². The van der Waals surface area contributed by atoms with E-state index in [1.165, 1.54) is 19.3 Å². The average molecular weight is 138 g/mol. The molecule has 2 unspecified atom stereocenters.